The standard InChI is InChI=1S/C18H22BrN3O3/c1-11-5-3-4-10-18(11)16(24)22(17(25)21-18)12(2)15(23)20-14-8-6-13(19)7-9-14/h6-9,11-12H,3-5,10H2,1-2H3,(H,20,23)(H,21,25)/t11-,12-,18-/m0/s1. The predicted octanol–water partition coefficient (Wildman–Crippen LogP) is 3.28. The quantitative estimate of drug-likeness (QED) is 0.754. The van der Waals surface area contributed by atoms with Crippen LogP contribution in [-0.4, -0.2) is 34.3 Å². The summed E-state index contributed by atoms with van der Waals surface area (Å²) < 4.78 is 0.904. The minimum Gasteiger partial charge on any atom is -0.324 e. The first-order valence-corrected chi connectivity index (χ1v) is 9.36. The molecule has 1 saturated heterocycles. The Hall–Kier alpha value is -1.89. The Morgan fingerprint density at radius 3 is 2.64 bits per heavy atom. The van der Waals surface area contributed by atoms with Crippen molar-refractivity contribution in [3.63, 3.8) is 0 Å². The Morgan fingerprint density at radius 1 is 1.32 bits per heavy atom. The lowest BCUT2D eigenvalue weighted by atomic mass is 9.73. The fourth-order valence-corrected chi connectivity index (χ4v) is 3.98. The van der Waals surface area contributed by atoms with Gasteiger partial charge in [-0.3, -0.25) is 9.59 Å². The van der Waals surface area contributed by atoms with Gasteiger partial charge in [0.25, 0.3) is 5.91 Å². The van der Waals surface area contributed by atoms with Crippen LogP contribution in [0.2, 0.25) is 0 Å². The lowest BCUT2D eigenvalue weighted by Crippen LogP contribution is -2.54. The molecule has 2 fully saturated rings. The zero-order chi connectivity index (χ0) is 18.2. The molecular formula is C18H22BrN3O3. The van der Waals surface area contributed by atoms with E-state index in [0.29, 0.717) is 12.1 Å². The molecule has 1 heterocycles. The van der Waals surface area contributed by atoms with Crippen LogP contribution in [0.4, 0.5) is 10.5 Å². The van der Waals surface area contributed by atoms with Gasteiger partial charge in [0.1, 0.15) is 11.6 Å². The van der Waals surface area contributed by atoms with Crippen LogP contribution in [-0.2, 0) is 9.59 Å². The van der Waals surface area contributed by atoms with Crippen molar-refractivity contribution in [2.45, 2.75) is 51.1 Å². The maximum Gasteiger partial charge on any atom is 0.325 e. The van der Waals surface area contributed by atoms with Gasteiger partial charge in [-0.15, -0.1) is 0 Å². The van der Waals surface area contributed by atoms with Gasteiger partial charge in [0.05, 0.1) is 0 Å². The predicted molar refractivity (Wildman–Crippen MR) is 98.0 cm³/mol. The maximum absolute atomic E-state index is 13.0. The molecule has 1 spiro atoms. The Balaban J connectivity index is 1.76. The average Bonchev–Trinajstić information content (AvgIpc) is 2.83. The molecular weight excluding hydrogens is 386 g/mol. The van der Waals surface area contributed by atoms with Crippen molar-refractivity contribution in [3.05, 3.63) is 28.7 Å². The molecule has 25 heavy (non-hydrogen) atoms. The molecule has 1 saturated carbocycles. The summed E-state index contributed by atoms with van der Waals surface area (Å²) in [7, 11) is 0. The van der Waals surface area contributed by atoms with E-state index in [0.717, 1.165) is 28.6 Å². The Bertz CT molecular complexity index is 706. The molecule has 3 atom stereocenters. The summed E-state index contributed by atoms with van der Waals surface area (Å²) in [5, 5.41) is 5.63. The summed E-state index contributed by atoms with van der Waals surface area (Å²) in [6.07, 6.45) is 3.50. The van der Waals surface area contributed by atoms with Crippen molar-refractivity contribution in [1.82, 2.24) is 10.2 Å². The molecule has 2 aliphatic rings. The summed E-state index contributed by atoms with van der Waals surface area (Å²) in [4.78, 5) is 39.1. The van der Waals surface area contributed by atoms with Gasteiger partial charge in [0.2, 0.25) is 5.91 Å². The molecule has 0 aromatic heterocycles. The average molecular weight is 408 g/mol. The molecule has 0 radical (unpaired) electrons. The molecule has 1 aliphatic heterocycles. The number of halogens is 1. The van der Waals surface area contributed by atoms with Crippen molar-refractivity contribution >= 4 is 39.5 Å². The Morgan fingerprint density at radius 2 is 2.00 bits per heavy atom. The third-order valence-corrected chi connectivity index (χ3v) is 5.86. The lowest BCUT2D eigenvalue weighted by Gasteiger charge is -2.37. The first kappa shape index (κ1) is 17.9. The number of anilines is 1. The minimum atomic E-state index is -0.871. The maximum atomic E-state index is 13.0. The molecule has 0 unspecified atom stereocenters. The van der Waals surface area contributed by atoms with Crippen LogP contribution in [0.25, 0.3) is 0 Å². The Kier molecular flexibility index (Phi) is 4.86. The van der Waals surface area contributed by atoms with Crippen molar-refractivity contribution < 1.29 is 14.4 Å². The second-order valence-electron chi connectivity index (χ2n) is 6.90. The second-order valence-corrected chi connectivity index (χ2v) is 7.81. The van der Waals surface area contributed by atoms with E-state index in [1.807, 2.05) is 19.1 Å². The van der Waals surface area contributed by atoms with Gasteiger partial charge in [0.15, 0.2) is 0 Å². The summed E-state index contributed by atoms with van der Waals surface area (Å²) in [5.41, 5.74) is -0.227. The topological polar surface area (TPSA) is 78.5 Å². The summed E-state index contributed by atoms with van der Waals surface area (Å²) in [5.74, 6) is -0.584. The van der Waals surface area contributed by atoms with E-state index in [-0.39, 0.29) is 17.7 Å². The van der Waals surface area contributed by atoms with Gasteiger partial charge in [0, 0.05) is 10.2 Å². The second kappa shape index (κ2) is 6.78. The van der Waals surface area contributed by atoms with Crippen LogP contribution in [0.15, 0.2) is 28.7 Å². The molecule has 0 bridgehead atoms. The highest BCUT2D eigenvalue weighted by Gasteiger charge is 2.56. The number of imide groups is 1. The van der Waals surface area contributed by atoms with Crippen LogP contribution >= 0.6 is 15.9 Å². The van der Waals surface area contributed by atoms with Crippen LogP contribution in [0.3, 0.4) is 0 Å². The number of rotatable bonds is 3. The highest BCUT2D eigenvalue weighted by Crippen LogP contribution is 2.38. The van der Waals surface area contributed by atoms with E-state index < -0.39 is 17.6 Å². The van der Waals surface area contributed by atoms with Gasteiger partial charge >= 0.3 is 6.03 Å². The molecule has 134 valence electrons. The number of carbonyl (C=O) groups is 3. The van der Waals surface area contributed by atoms with Crippen molar-refractivity contribution in [2.75, 3.05) is 5.32 Å². The largest absolute Gasteiger partial charge is 0.325 e. The fourth-order valence-electron chi connectivity index (χ4n) is 3.71. The van der Waals surface area contributed by atoms with Gasteiger partial charge in [-0.05, 0) is 49.9 Å². The van der Waals surface area contributed by atoms with Crippen LogP contribution in [0.5, 0.6) is 0 Å². The number of hydrogen-bond donors (Lipinski definition) is 2. The number of carbonyl (C=O) groups excluding carboxylic acids is 3. The molecule has 1 aliphatic carbocycles. The van der Waals surface area contributed by atoms with E-state index in [9.17, 15) is 14.4 Å². The minimum absolute atomic E-state index is 0.0736. The van der Waals surface area contributed by atoms with Crippen LogP contribution < -0.4 is 10.6 Å². The molecule has 1 aromatic rings. The normalized spacial score (nSPS) is 27.3. The zero-order valence-electron chi connectivity index (χ0n) is 14.3. The lowest BCUT2D eigenvalue weighted by molar-refractivity contribution is -0.138. The molecule has 3 rings (SSSR count). The highest BCUT2D eigenvalue weighted by molar-refractivity contribution is 9.10. The van der Waals surface area contributed by atoms with Gasteiger partial charge < -0.3 is 10.6 Å². The smallest absolute Gasteiger partial charge is 0.324 e. The van der Waals surface area contributed by atoms with E-state index >= 15 is 0 Å². The third kappa shape index (κ3) is 3.17. The van der Waals surface area contributed by atoms with Gasteiger partial charge in [-0.25, -0.2) is 9.69 Å². The summed E-state index contributed by atoms with van der Waals surface area (Å²) in [6.45, 7) is 3.57. The van der Waals surface area contributed by atoms with Crippen molar-refractivity contribution in [1.29, 1.82) is 0 Å². The molecule has 2 N–H and O–H groups in total. The first-order valence-electron chi connectivity index (χ1n) is 8.57. The first-order chi connectivity index (χ1) is 11.8. The number of nitrogens with one attached hydrogen (secondary N) is 2. The summed E-state index contributed by atoms with van der Waals surface area (Å²) in [6, 6.07) is 5.79. The number of hydrogen-bond acceptors (Lipinski definition) is 3. The number of amides is 4. The molecule has 6 nitrogen and oxygen atoms in total. The third-order valence-electron chi connectivity index (χ3n) is 5.33. The van der Waals surface area contributed by atoms with Crippen molar-refractivity contribution in [3.8, 4) is 0 Å². The van der Waals surface area contributed by atoms with E-state index in [4.69, 9.17) is 0 Å². The monoisotopic (exact) mass is 407 g/mol. The van der Waals surface area contributed by atoms with Crippen molar-refractivity contribution in [2.24, 2.45) is 5.92 Å². The van der Waals surface area contributed by atoms with Gasteiger partial charge in [-0.2, -0.15) is 0 Å². The van der Waals surface area contributed by atoms with E-state index in [2.05, 4.69) is 26.6 Å². The number of nitrogens with zero attached hydrogens (tertiary/aromatic N) is 1. The zero-order valence-corrected chi connectivity index (χ0v) is 15.9. The molecule has 7 heteroatoms. The van der Waals surface area contributed by atoms with E-state index in [1.165, 1.54) is 0 Å². The fraction of sp³-hybridized carbons (Fsp3) is 0.500. The summed E-state index contributed by atoms with van der Waals surface area (Å²) >= 11 is 3.34. The van der Waals surface area contributed by atoms with E-state index in [1.54, 1.807) is 19.1 Å². The number of benzene rings is 1. The van der Waals surface area contributed by atoms with Gasteiger partial charge in [-0.1, -0.05) is 35.7 Å². The molecule has 4 amide bonds. The molecule has 1 aromatic carbocycles. The van der Waals surface area contributed by atoms with Crippen LogP contribution in [0, 0.1) is 5.92 Å². The number of urea groups is 1. The SMILES string of the molecule is C[C@@H](C(=O)Nc1ccc(Br)cc1)N1C(=O)N[C@]2(CCCC[C@@H]2C)C1=O. The Labute approximate surface area is 155 Å². The highest BCUT2D eigenvalue weighted by atomic mass is 79.9. The van der Waals surface area contributed by atoms with Crippen LogP contribution in [0.1, 0.15) is 39.5 Å².